The van der Waals surface area contributed by atoms with E-state index >= 15 is 0 Å². The van der Waals surface area contributed by atoms with Crippen LogP contribution in [0.2, 0.25) is 0 Å². The summed E-state index contributed by atoms with van der Waals surface area (Å²) in [5.41, 5.74) is -0.229. The van der Waals surface area contributed by atoms with E-state index in [1.54, 1.807) is 18.2 Å². The highest BCUT2D eigenvalue weighted by atomic mass is 32.2. The summed E-state index contributed by atoms with van der Waals surface area (Å²) in [7, 11) is -3.98. The molecule has 19 heteroatoms. The third kappa shape index (κ3) is 11.6. The molecular formula is C37H50F4N4O10S. The maximum absolute atomic E-state index is 14.1. The molecule has 1 saturated heterocycles. The lowest BCUT2D eigenvalue weighted by atomic mass is 10.0. The Morgan fingerprint density at radius 3 is 2.12 bits per heavy atom. The molecule has 3 amide bonds. The van der Waals surface area contributed by atoms with Crippen LogP contribution in [0.25, 0.3) is 0 Å². The minimum Gasteiger partial charge on any atom is -0.481 e. The number of nitrogens with zero attached hydrogens (tertiary/aromatic N) is 1. The summed E-state index contributed by atoms with van der Waals surface area (Å²) in [6, 6.07) is 3.96. The fourth-order valence-corrected chi connectivity index (χ4v) is 8.83. The van der Waals surface area contributed by atoms with E-state index < -0.39 is 74.4 Å². The molecule has 0 unspecified atom stereocenters. The number of alkyl halides is 3. The maximum Gasteiger partial charge on any atom is 0.490 e. The average Bonchev–Trinajstić information content (AvgIpc) is 3.95. The Labute approximate surface area is 322 Å². The van der Waals surface area contributed by atoms with Gasteiger partial charge in [0, 0.05) is 37.4 Å². The van der Waals surface area contributed by atoms with Gasteiger partial charge < -0.3 is 25.6 Å². The summed E-state index contributed by atoms with van der Waals surface area (Å²) in [4.78, 5) is 60.4. The van der Waals surface area contributed by atoms with Crippen molar-refractivity contribution in [3.63, 3.8) is 0 Å². The van der Waals surface area contributed by atoms with Crippen LogP contribution >= 0.6 is 0 Å². The van der Waals surface area contributed by atoms with E-state index in [2.05, 4.69) is 21.9 Å². The molecule has 14 nitrogen and oxygen atoms in total. The number of nitrogens with one attached hydrogen (secondary N) is 3. The Kier molecular flexibility index (Phi) is 14.9. The molecule has 56 heavy (non-hydrogen) atoms. The number of carbonyl (C=O) groups excluding carboxylic acids is 3. The third-order valence-electron chi connectivity index (χ3n) is 10.8. The Morgan fingerprint density at radius 1 is 0.982 bits per heavy atom. The number of hydrogen-bond acceptors (Lipinski definition) is 9. The number of carboxylic acids is 2. The zero-order chi connectivity index (χ0) is 41.3. The van der Waals surface area contributed by atoms with E-state index in [0.29, 0.717) is 31.2 Å². The number of hydrogen-bond donors (Lipinski definition) is 5. The quantitative estimate of drug-likeness (QED) is 0.0709. The number of carbonyl (C=O) groups is 5. The molecule has 5 rings (SSSR count). The fraction of sp³-hybridized carbons (Fsp3) is 0.649. The number of rotatable bonds is 19. The minimum absolute atomic E-state index is 0.107. The SMILES string of the molecule is C=C[C@@H]1C[C@]1(NC(=O)[C@@H]1C[C@@H](OC(=O)N2Cc3cccc(F)c3C2)CN1)C(=O)NS(=O)(=O)C1(CCCCCCCCCCCC(=O)O)CC1.O=C(O)C(F)(F)F. The summed E-state index contributed by atoms with van der Waals surface area (Å²) in [6.45, 7) is 4.32. The molecule has 2 heterocycles. The molecule has 2 aliphatic carbocycles. The highest BCUT2D eigenvalue weighted by Gasteiger charge is 2.63. The average molecular weight is 819 g/mol. The molecule has 3 fully saturated rings. The molecule has 5 N–H and O–H groups in total. The molecule has 0 aromatic heterocycles. The van der Waals surface area contributed by atoms with E-state index in [4.69, 9.17) is 19.7 Å². The highest BCUT2D eigenvalue weighted by Crippen LogP contribution is 2.49. The molecule has 1 aromatic rings. The van der Waals surface area contributed by atoms with Gasteiger partial charge in [0.15, 0.2) is 0 Å². The van der Waals surface area contributed by atoms with Crippen molar-refractivity contribution in [3.8, 4) is 0 Å². The van der Waals surface area contributed by atoms with Crippen molar-refractivity contribution in [1.82, 2.24) is 20.3 Å². The van der Waals surface area contributed by atoms with Crippen molar-refractivity contribution in [1.29, 1.82) is 0 Å². The number of sulfonamides is 1. The Balaban J connectivity index is 0.000000908. The van der Waals surface area contributed by atoms with Crippen LogP contribution in [0.3, 0.4) is 0 Å². The van der Waals surface area contributed by atoms with Gasteiger partial charge in [-0.3, -0.25) is 24.0 Å². The van der Waals surface area contributed by atoms with Gasteiger partial charge in [-0.25, -0.2) is 22.4 Å². The molecule has 0 spiro atoms. The zero-order valence-corrected chi connectivity index (χ0v) is 31.8. The molecule has 4 aliphatic rings. The van der Waals surface area contributed by atoms with Gasteiger partial charge in [0.05, 0.1) is 17.3 Å². The second kappa shape index (κ2) is 18.8. The van der Waals surface area contributed by atoms with Crippen molar-refractivity contribution in [2.45, 2.75) is 138 Å². The predicted molar refractivity (Wildman–Crippen MR) is 193 cm³/mol. The number of halogens is 4. The van der Waals surface area contributed by atoms with Gasteiger partial charge >= 0.3 is 24.2 Å². The molecule has 4 atom stereocenters. The van der Waals surface area contributed by atoms with Crippen molar-refractivity contribution >= 4 is 39.9 Å². The lowest BCUT2D eigenvalue weighted by molar-refractivity contribution is -0.192. The molecule has 1 aromatic carbocycles. The largest absolute Gasteiger partial charge is 0.490 e. The number of amides is 3. The molecule has 2 aliphatic heterocycles. The monoisotopic (exact) mass is 818 g/mol. The van der Waals surface area contributed by atoms with Gasteiger partial charge in [0.1, 0.15) is 17.5 Å². The van der Waals surface area contributed by atoms with Crippen molar-refractivity contribution in [3.05, 3.63) is 47.8 Å². The topological polar surface area (TPSA) is 209 Å². The van der Waals surface area contributed by atoms with Crippen LogP contribution in [0, 0.1) is 11.7 Å². The molecule has 2 saturated carbocycles. The normalized spacial score (nSPS) is 23.2. The Morgan fingerprint density at radius 2 is 1.59 bits per heavy atom. The maximum atomic E-state index is 14.1. The first-order chi connectivity index (χ1) is 26.3. The van der Waals surface area contributed by atoms with Crippen LogP contribution in [-0.4, -0.2) is 88.5 Å². The first-order valence-corrected chi connectivity index (χ1v) is 20.3. The first kappa shape index (κ1) is 44.5. The van der Waals surface area contributed by atoms with Crippen LogP contribution in [0.5, 0.6) is 0 Å². The van der Waals surface area contributed by atoms with E-state index in [1.807, 2.05) is 0 Å². The molecular weight excluding hydrogens is 768 g/mol. The predicted octanol–water partition coefficient (Wildman–Crippen LogP) is 5.06. The summed E-state index contributed by atoms with van der Waals surface area (Å²) < 4.78 is 79.6. The summed E-state index contributed by atoms with van der Waals surface area (Å²) in [5.74, 6) is -5.56. The van der Waals surface area contributed by atoms with Crippen LogP contribution in [0.4, 0.5) is 22.4 Å². The van der Waals surface area contributed by atoms with E-state index in [0.717, 1.165) is 56.9 Å². The number of carboxylic acid groups (broad SMARTS) is 2. The van der Waals surface area contributed by atoms with Crippen LogP contribution in [0.15, 0.2) is 30.9 Å². The molecule has 0 radical (unpaired) electrons. The lowest BCUT2D eigenvalue weighted by Gasteiger charge is -2.23. The Bertz CT molecular complexity index is 1740. The number of benzene rings is 1. The number of fused-ring (bicyclic) bond motifs is 1. The summed E-state index contributed by atoms with van der Waals surface area (Å²) in [6.07, 6.45) is 5.78. The third-order valence-corrected chi connectivity index (χ3v) is 13.0. The standard InChI is InChI=1S/C35H49FN4O8S.C2HF3O2/c1-2-25-20-35(25,32(44)39-49(46,47)34(17-18-34)16-11-9-7-5-3-4-6-8-10-15-30(41)42)38-31(43)29-19-26(21-37-29)48-33(45)40-22-24-13-12-14-28(36)27(24)23-40;3-2(4,5)1(6)7/h2,12-14,25-26,29,37H,1,3-11,15-23H2,(H,38,43)(H,39,44)(H,41,42);(H,6,7)/t25-,26-,29+,35-;/m1./s1. The zero-order valence-electron chi connectivity index (χ0n) is 31.0. The van der Waals surface area contributed by atoms with Gasteiger partial charge in [-0.2, -0.15) is 13.2 Å². The summed E-state index contributed by atoms with van der Waals surface area (Å²) >= 11 is 0. The van der Waals surface area contributed by atoms with Crippen molar-refractivity contribution in [2.24, 2.45) is 5.92 Å². The number of ether oxygens (including phenoxy) is 1. The highest BCUT2D eigenvalue weighted by molar-refractivity contribution is 7.91. The first-order valence-electron chi connectivity index (χ1n) is 18.8. The lowest BCUT2D eigenvalue weighted by Crippen LogP contribution is -2.56. The van der Waals surface area contributed by atoms with Crippen LogP contribution in [0.1, 0.15) is 107 Å². The fourth-order valence-electron chi connectivity index (χ4n) is 7.14. The van der Waals surface area contributed by atoms with Crippen molar-refractivity contribution in [2.75, 3.05) is 6.54 Å². The van der Waals surface area contributed by atoms with Crippen molar-refractivity contribution < 1.29 is 64.9 Å². The van der Waals surface area contributed by atoms with E-state index in [-0.39, 0.29) is 44.7 Å². The van der Waals surface area contributed by atoms with Crippen LogP contribution in [-0.2, 0) is 47.0 Å². The van der Waals surface area contributed by atoms with Gasteiger partial charge in [-0.1, -0.05) is 69.6 Å². The number of unbranched alkanes of at least 4 members (excludes halogenated alkanes) is 8. The number of aliphatic carboxylic acids is 2. The second-order valence-corrected chi connectivity index (χ2v) is 17.0. The van der Waals surface area contributed by atoms with Gasteiger partial charge in [0.25, 0.3) is 5.91 Å². The van der Waals surface area contributed by atoms with E-state index in [1.165, 1.54) is 11.0 Å². The molecule has 312 valence electrons. The smallest absolute Gasteiger partial charge is 0.481 e. The Hall–Kier alpha value is -4.26. The minimum atomic E-state index is -5.08. The van der Waals surface area contributed by atoms with Gasteiger partial charge in [0.2, 0.25) is 15.9 Å². The van der Waals surface area contributed by atoms with Crippen LogP contribution < -0.4 is 15.4 Å². The van der Waals surface area contributed by atoms with Gasteiger partial charge in [-0.15, -0.1) is 6.58 Å². The molecule has 0 bridgehead atoms. The van der Waals surface area contributed by atoms with Gasteiger partial charge in [-0.05, 0) is 43.7 Å². The second-order valence-electron chi connectivity index (χ2n) is 14.9. The summed E-state index contributed by atoms with van der Waals surface area (Å²) in [5, 5.41) is 21.6. The van der Waals surface area contributed by atoms with E-state index in [9.17, 15) is 45.2 Å².